The van der Waals surface area contributed by atoms with Gasteiger partial charge in [-0.1, -0.05) is 0 Å². The molecule has 3 rings (SSSR count). The van der Waals surface area contributed by atoms with Crippen molar-refractivity contribution in [2.45, 2.75) is 0 Å². The van der Waals surface area contributed by atoms with Gasteiger partial charge >= 0.3 is 0 Å². The van der Waals surface area contributed by atoms with Gasteiger partial charge in [-0.2, -0.15) is 0 Å². The number of nitrogens with zero attached hydrogens (tertiary/aromatic N) is 1. The van der Waals surface area contributed by atoms with Crippen LogP contribution >= 0.6 is 0 Å². The number of phenols is 1. The molecule has 0 spiro atoms. The van der Waals surface area contributed by atoms with Crippen LogP contribution in [0.1, 0.15) is 11.3 Å². The van der Waals surface area contributed by atoms with Gasteiger partial charge in [0.25, 0.3) is 0 Å². The fraction of sp³-hybridized carbons (Fsp3) is 0. The highest BCUT2D eigenvalue weighted by Gasteiger charge is 2.08. The molecule has 4 nitrogen and oxygen atoms in total. The van der Waals surface area contributed by atoms with Crippen LogP contribution in [0, 0.1) is 0 Å². The summed E-state index contributed by atoms with van der Waals surface area (Å²) in [5, 5.41) is 12.5. The summed E-state index contributed by atoms with van der Waals surface area (Å²) in [6, 6.07) is 8.79. The van der Waals surface area contributed by atoms with E-state index in [4.69, 9.17) is 4.42 Å². The molecule has 0 amide bonds. The second-order valence-corrected chi connectivity index (χ2v) is 3.70. The molecule has 84 valence electrons. The highest BCUT2D eigenvalue weighted by atomic mass is 16.3. The molecule has 1 aliphatic heterocycles. The van der Waals surface area contributed by atoms with Crippen LogP contribution in [-0.4, -0.2) is 11.3 Å². The van der Waals surface area contributed by atoms with Crippen LogP contribution < -0.4 is 5.32 Å². The van der Waals surface area contributed by atoms with Gasteiger partial charge in [-0.15, -0.1) is 0 Å². The highest BCUT2D eigenvalue weighted by Crippen LogP contribution is 2.25. The molecule has 1 aromatic carbocycles. The number of fused-ring (bicyclic) bond motifs is 1. The molecule has 17 heavy (non-hydrogen) atoms. The maximum atomic E-state index is 9.34. The summed E-state index contributed by atoms with van der Waals surface area (Å²) in [5.41, 5.74) is 1.78. The molecule has 0 aliphatic carbocycles. The van der Waals surface area contributed by atoms with Gasteiger partial charge in [-0.05, 0) is 30.3 Å². The van der Waals surface area contributed by atoms with E-state index in [2.05, 4.69) is 10.3 Å². The van der Waals surface area contributed by atoms with Crippen molar-refractivity contribution in [2.75, 3.05) is 5.32 Å². The predicted octanol–water partition coefficient (Wildman–Crippen LogP) is 2.83. The first kappa shape index (κ1) is 9.72. The topological polar surface area (TPSA) is 57.8 Å². The number of aromatic hydroxyl groups is 1. The quantitative estimate of drug-likeness (QED) is 0.735. The van der Waals surface area contributed by atoms with Gasteiger partial charge in [0.1, 0.15) is 17.3 Å². The van der Waals surface area contributed by atoms with Crippen molar-refractivity contribution >= 4 is 18.0 Å². The lowest BCUT2D eigenvalue weighted by Gasteiger charge is -2.14. The SMILES string of the molecule is Oc1ccc2c(c1)C=NC(=Cc1ccco1)N2. The standard InChI is InChI=1S/C13H10N2O2/c16-10-3-4-12-9(6-10)8-14-13(15-12)7-11-2-1-5-17-11/h1-8,15-16H. The van der Waals surface area contributed by atoms with Crippen LogP contribution in [0.3, 0.4) is 0 Å². The Labute approximate surface area is 97.9 Å². The Hall–Kier alpha value is -2.49. The van der Waals surface area contributed by atoms with Gasteiger partial charge in [-0.3, -0.25) is 0 Å². The van der Waals surface area contributed by atoms with Crippen LogP contribution in [0.25, 0.3) is 6.08 Å². The summed E-state index contributed by atoms with van der Waals surface area (Å²) in [6.07, 6.45) is 5.14. The fourth-order valence-corrected chi connectivity index (χ4v) is 1.66. The second-order valence-electron chi connectivity index (χ2n) is 3.70. The average molecular weight is 226 g/mol. The minimum absolute atomic E-state index is 0.232. The van der Waals surface area contributed by atoms with Gasteiger partial charge in [0.05, 0.1) is 6.26 Å². The van der Waals surface area contributed by atoms with Crippen LogP contribution in [0.5, 0.6) is 5.75 Å². The largest absolute Gasteiger partial charge is 0.508 e. The third-order valence-corrected chi connectivity index (χ3v) is 2.46. The zero-order valence-electron chi connectivity index (χ0n) is 8.92. The monoisotopic (exact) mass is 226 g/mol. The maximum Gasteiger partial charge on any atom is 0.134 e. The van der Waals surface area contributed by atoms with E-state index in [0.717, 1.165) is 17.0 Å². The molecule has 0 bridgehead atoms. The summed E-state index contributed by atoms with van der Waals surface area (Å²) in [7, 11) is 0. The van der Waals surface area contributed by atoms with E-state index in [1.807, 2.05) is 24.3 Å². The maximum absolute atomic E-state index is 9.34. The van der Waals surface area contributed by atoms with Crippen molar-refractivity contribution in [3.05, 3.63) is 53.7 Å². The van der Waals surface area contributed by atoms with E-state index < -0.39 is 0 Å². The molecule has 2 N–H and O–H groups in total. The van der Waals surface area contributed by atoms with Gasteiger partial charge in [0.15, 0.2) is 0 Å². The molecular weight excluding hydrogens is 216 g/mol. The molecule has 1 aromatic heterocycles. The van der Waals surface area contributed by atoms with Crippen LogP contribution in [-0.2, 0) is 0 Å². The number of benzene rings is 1. The zero-order valence-corrected chi connectivity index (χ0v) is 8.92. The van der Waals surface area contributed by atoms with E-state index in [0.29, 0.717) is 5.82 Å². The number of aliphatic imine (C=N–C) groups is 1. The summed E-state index contributed by atoms with van der Waals surface area (Å²) in [6.45, 7) is 0. The number of furan rings is 1. The highest BCUT2D eigenvalue weighted by molar-refractivity contribution is 5.92. The molecule has 0 radical (unpaired) electrons. The minimum atomic E-state index is 0.232. The lowest BCUT2D eigenvalue weighted by molar-refractivity contribution is 0.475. The van der Waals surface area contributed by atoms with Gasteiger partial charge in [0, 0.05) is 23.5 Å². The minimum Gasteiger partial charge on any atom is -0.508 e. The summed E-state index contributed by atoms with van der Waals surface area (Å²) < 4.78 is 5.21. The van der Waals surface area contributed by atoms with Gasteiger partial charge in [-0.25, -0.2) is 4.99 Å². The Kier molecular flexibility index (Phi) is 2.19. The molecule has 1 aliphatic rings. The first-order chi connectivity index (χ1) is 8.31. The lowest BCUT2D eigenvalue weighted by atomic mass is 10.1. The molecule has 2 heterocycles. The molecule has 0 fully saturated rings. The van der Waals surface area contributed by atoms with Crippen molar-refractivity contribution < 1.29 is 9.52 Å². The van der Waals surface area contributed by atoms with Crippen molar-refractivity contribution in [1.29, 1.82) is 0 Å². The molecular formula is C13H10N2O2. The molecule has 0 saturated heterocycles. The first-order valence-corrected chi connectivity index (χ1v) is 5.20. The molecule has 2 aromatic rings. The number of hydrogen-bond acceptors (Lipinski definition) is 4. The van der Waals surface area contributed by atoms with Crippen LogP contribution in [0.15, 0.2) is 51.8 Å². The van der Waals surface area contributed by atoms with E-state index in [-0.39, 0.29) is 5.75 Å². The Balaban J connectivity index is 1.94. The average Bonchev–Trinajstić information content (AvgIpc) is 2.82. The Morgan fingerprint density at radius 1 is 1.29 bits per heavy atom. The third-order valence-electron chi connectivity index (χ3n) is 2.46. The summed E-state index contributed by atoms with van der Waals surface area (Å²) >= 11 is 0. The number of rotatable bonds is 1. The third kappa shape index (κ3) is 1.92. The van der Waals surface area contributed by atoms with E-state index in [9.17, 15) is 5.11 Å². The van der Waals surface area contributed by atoms with Crippen molar-refractivity contribution in [3.8, 4) is 5.75 Å². The van der Waals surface area contributed by atoms with Crippen LogP contribution in [0.4, 0.5) is 5.69 Å². The lowest BCUT2D eigenvalue weighted by Crippen LogP contribution is -2.05. The first-order valence-electron chi connectivity index (χ1n) is 5.20. The second kappa shape index (κ2) is 3.83. The Morgan fingerprint density at radius 2 is 2.24 bits per heavy atom. The normalized spacial score (nSPS) is 15.6. The number of nitrogens with one attached hydrogen (secondary N) is 1. The molecule has 0 saturated carbocycles. The van der Waals surface area contributed by atoms with Gasteiger partial charge in [0.2, 0.25) is 0 Å². The molecule has 0 unspecified atom stereocenters. The van der Waals surface area contributed by atoms with Crippen molar-refractivity contribution in [3.63, 3.8) is 0 Å². The number of hydrogen-bond donors (Lipinski definition) is 2. The van der Waals surface area contributed by atoms with E-state index in [1.165, 1.54) is 0 Å². The van der Waals surface area contributed by atoms with E-state index in [1.54, 1.807) is 24.6 Å². The smallest absolute Gasteiger partial charge is 0.134 e. The van der Waals surface area contributed by atoms with Gasteiger partial charge < -0.3 is 14.8 Å². The molecule has 4 heteroatoms. The Bertz CT molecular complexity index is 598. The zero-order chi connectivity index (χ0) is 11.7. The summed E-state index contributed by atoms with van der Waals surface area (Å²) in [4.78, 5) is 4.24. The van der Waals surface area contributed by atoms with Crippen molar-refractivity contribution in [1.82, 2.24) is 0 Å². The van der Waals surface area contributed by atoms with Crippen molar-refractivity contribution in [2.24, 2.45) is 4.99 Å². The number of anilines is 1. The van der Waals surface area contributed by atoms with Crippen LogP contribution in [0.2, 0.25) is 0 Å². The summed E-state index contributed by atoms with van der Waals surface area (Å²) in [5.74, 6) is 1.68. The molecule has 0 atom stereocenters. The fourth-order valence-electron chi connectivity index (χ4n) is 1.66. The number of phenolic OH excluding ortho intramolecular Hbond substituents is 1. The predicted molar refractivity (Wildman–Crippen MR) is 66.0 cm³/mol. The van der Waals surface area contributed by atoms with E-state index >= 15 is 0 Å². The Morgan fingerprint density at radius 3 is 3.06 bits per heavy atom.